The molecule has 0 saturated carbocycles. The molecule has 0 aliphatic carbocycles. The van der Waals surface area contributed by atoms with Gasteiger partial charge in [-0.25, -0.2) is 4.98 Å². The second kappa shape index (κ2) is 8.36. The Bertz CT molecular complexity index is 1010. The number of hydrogen-bond acceptors (Lipinski definition) is 2. The third-order valence-corrected chi connectivity index (χ3v) is 5.30. The minimum Gasteiger partial charge on any atom is -0.331 e. The van der Waals surface area contributed by atoms with Gasteiger partial charge in [-0.3, -0.25) is 4.79 Å². The highest BCUT2D eigenvalue weighted by atomic mass is 35.5. The van der Waals surface area contributed by atoms with E-state index in [1.165, 1.54) is 5.56 Å². The first-order valence-corrected chi connectivity index (χ1v) is 10.2. The second-order valence-corrected chi connectivity index (χ2v) is 8.22. The summed E-state index contributed by atoms with van der Waals surface area (Å²) in [6.07, 6.45) is 0. The molecule has 28 heavy (non-hydrogen) atoms. The molecule has 3 aromatic rings. The van der Waals surface area contributed by atoms with Crippen LogP contribution in [0.3, 0.4) is 0 Å². The largest absolute Gasteiger partial charge is 0.331 e. The Kier molecular flexibility index (Phi) is 6.09. The summed E-state index contributed by atoms with van der Waals surface area (Å²) in [4.78, 5) is 20.0. The fraction of sp³-hybridized carbons (Fsp3) is 0.391. The monoisotopic (exact) mass is 397 g/mol. The number of amides is 1. The Hall–Kier alpha value is -2.33. The SMILES string of the molecule is CCn1c(CN(CC(C)C)C(=O)c2ccc(C)c(C)c2)nc2ccc(Cl)cc21. The number of carbonyl (C=O) groups is 1. The summed E-state index contributed by atoms with van der Waals surface area (Å²) in [7, 11) is 0. The lowest BCUT2D eigenvalue weighted by atomic mass is 10.0. The molecule has 0 aliphatic heterocycles. The van der Waals surface area contributed by atoms with Crippen molar-refractivity contribution in [3.8, 4) is 0 Å². The van der Waals surface area contributed by atoms with Crippen molar-refractivity contribution in [3.05, 3.63) is 63.9 Å². The maximum absolute atomic E-state index is 13.3. The number of nitrogens with zero attached hydrogens (tertiary/aromatic N) is 3. The predicted molar refractivity (Wildman–Crippen MR) is 116 cm³/mol. The second-order valence-electron chi connectivity index (χ2n) is 7.78. The highest BCUT2D eigenvalue weighted by Gasteiger charge is 2.21. The number of rotatable bonds is 6. The molecule has 1 aromatic heterocycles. The zero-order valence-electron chi connectivity index (χ0n) is 17.3. The van der Waals surface area contributed by atoms with E-state index in [4.69, 9.17) is 16.6 Å². The van der Waals surface area contributed by atoms with E-state index >= 15 is 0 Å². The molecule has 0 aliphatic rings. The normalized spacial score (nSPS) is 11.4. The molecule has 0 bridgehead atoms. The Morgan fingerprint density at radius 3 is 2.54 bits per heavy atom. The maximum atomic E-state index is 13.3. The minimum atomic E-state index is 0.0459. The predicted octanol–water partition coefficient (Wildman–Crippen LogP) is 5.62. The summed E-state index contributed by atoms with van der Waals surface area (Å²) in [5, 5.41) is 0.693. The summed E-state index contributed by atoms with van der Waals surface area (Å²) >= 11 is 6.18. The van der Waals surface area contributed by atoms with E-state index in [9.17, 15) is 4.79 Å². The number of aromatic nitrogens is 2. The highest BCUT2D eigenvalue weighted by molar-refractivity contribution is 6.31. The van der Waals surface area contributed by atoms with E-state index < -0.39 is 0 Å². The summed E-state index contributed by atoms with van der Waals surface area (Å²) < 4.78 is 2.14. The van der Waals surface area contributed by atoms with Crippen LogP contribution >= 0.6 is 11.6 Å². The van der Waals surface area contributed by atoms with Crippen molar-refractivity contribution < 1.29 is 4.79 Å². The zero-order chi connectivity index (χ0) is 20.4. The van der Waals surface area contributed by atoms with Crippen LogP contribution in [-0.4, -0.2) is 26.9 Å². The first kappa shape index (κ1) is 20.4. The van der Waals surface area contributed by atoms with Crippen molar-refractivity contribution in [3.63, 3.8) is 0 Å². The van der Waals surface area contributed by atoms with Crippen molar-refractivity contribution in [2.24, 2.45) is 5.92 Å². The van der Waals surface area contributed by atoms with Crippen LogP contribution in [0.15, 0.2) is 36.4 Å². The first-order valence-electron chi connectivity index (χ1n) is 9.81. The maximum Gasteiger partial charge on any atom is 0.254 e. The van der Waals surface area contributed by atoms with E-state index in [1.54, 1.807) is 0 Å². The van der Waals surface area contributed by atoms with Crippen molar-refractivity contribution in [1.29, 1.82) is 0 Å². The van der Waals surface area contributed by atoms with E-state index in [0.717, 1.165) is 34.5 Å². The fourth-order valence-corrected chi connectivity index (χ4v) is 3.67. The standard InChI is InChI=1S/C23H28ClN3O/c1-6-27-21-12-19(24)9-10-20(21)25-22(27)14-26(13-15(2)3)23(28)18-8-7-16(4)17(5)11-18/h7-12,15H,6,13-14H2,1-5H3. The van der Waals surface area contributed by atoms with Crippen LogP contribution in [0.5, 0.6) is 0 Å². The Labute approximate surface area is 172 Å². The van der Waals surface area contributed by atoms with E-state index in [1.807, 2.05) is 48.2 Å². The van der Waals surface area contributed by atoms with E-state index in [0.29, 0.717) is 24.0 Å². The van der Waals surface area contributed by atoms with Crippen LogP contribution < -0.4 is 0 Å². The van der Waals surface area contributed by atoms with E-state index in [2.05, 4.69) is 32.3 Å². The molecule has 1 amide bonds. The smallest absolute Gasteiger partial charge is 0.254 e. The van der Waals surface area contributed by atoms with Crippen LogP contribution in [-0.2, 0) is 13.1 Å². The molecule has 0 saturated heterocycles. The Balaban J connectivity index is 1.98. The number of fused-ring (bicyclic) bond motifs is 1. The van der Waals surface area contributed by atoms with Crippen LogP contribution in [0.25, 0.3) is 11.0 Å². The molecule has 0 N–H and O–H groups in total. The molecule has 0 fully saturated rings. The topological polar surface area (TPSA) is 38.1 Å². The minimum absolute atomic E-state index is 0.0459. The van der Waals surface area contributed by atoms with Crippen LogP contribution in [0, 0.1) is 19.8 Å². The van der Waals surface area contributed by atoms with Crippen molar-refractivity contribution >= 4 is 28.5 Å². The van der Waals surface area contributed by atoms with Gasteiger partial charge in [-0.1, -0.05) is 31.5 Å². The lowest BCUT2D eigenvalue weighted by Gasteiger charge is -2.25. The molecule has 0 spiro atoms. The van der Waals surface area contributed by atoms with Gasteiger partial charge in [0.15, 0.2) is 0 Å². The first-order chi connectivity index (χ1) is 13.3. The highest BCUT2D eigenvalue weighted by Crippen LogP contribution is 2.23. The average molecular weight is 398 g/mol. The van der Waals surface area contributed by atoms with Crippen molar-refractivity contribution in [2.45, 2.75) is 47.7 Å². The molecular formula is C23H28ClN3O. The van der Waals surface area contributed by atoms with Crippen LogP contribution in [0.1, 0.15) is 48.1 Å². The van der Waals surface area contributed by atoms with Gasteiger partial charge < -0.3 is 9.47 Å². The van der Waals surface area contributed by atoms with Crippen molar-refractivity contribution in [1.82, 2.24) is 14.5 Å². The molecule has 5 heteroatoms. The third-order valence-electron chi connectivity index (χ3n) is 5.06. The molecular weight excluding hydrogens is 370 g/mol. The summed E-state index contributed by atoms with van der Waals surface area (Å²) in [6, 6.07) is 11.6. The Morgan fingerprint density at radius 2 is 1.89 bits per heavy atom. The number of halogens is 1. The average Bonchev–Trinajstić information content (AvgIpc) is 2.98. The summed E-state index contributed by atoms with van der Waals surface area (Å²) in [5.74, 6) is 1.30. The van der Waals surface area contributed by atoms with Gasteiger partial charge in [-0.05, 0) is 68.1 Å². The molecule has 0 unspecified atom stereocenters. The number of imidazole rings is 1. The molecule has 4 nitrogen and oxygen atoms in total. The van der Waals surface area contributed by atoms with E-state index in [-0.39, 0.29) is 5.91 Å². The molecule has 0 atom stereocenters. The summed E-state index contributed by atoms with van der Waals surface area (Å²) in [5.41, 5.74) is 4.96. The zero-order valence-corrected chi connectivity index (χ0v) is 18.0. The van der Waals surface area contributed by atoms with Gasteiger partial charge in [0, 0.05) is 23.7 Å². The molecule has 3 rings (SSSR count). The lowest BCUT2D eigenvalue weighted by molar-refractivity contribution is 0.0716. The fourth-order valence-electron chi connectivity index (χ4n) is 3.51. The third kappa shape index (κ3) is 4.22. The van der Waals surface area contributed by atoms with Gasteiger partial charge in [-0.2, -0.15) is 0 Å². The lowest BCUT2D eigenvalue weighted by Crippen LogP contribution is -2.34. The number of aryl methyl sites for hydroxylation is 3. The van der Waals surface area contributed by atoms with Gasteiger partial charge in [0.2, 0.25) is 0 Å². The number of carbonyl (C=O) groups excluding carboxylic acids is 1. The van der Waals surface area contributed by atoms with Gasteiger partial charge in [0.25, 0.3) is 5.91 Å². The van der Waals surface area contributed by atoms with Gasteiger partial charge >= 0.3 is 0 Å². The number of hydrogen-bond donors (Lipinski definition) is 0. The molecule has 1 heterocycles. The van der Waals surface area contributed by atoms with Crippen LogP contribution in [0.4, 0.5) is 0 Å². The number of benzene rings is 2. The van der Waals surface area contributed by atoms with Gasteiger partial charge in [0.1, 0.15) is 5.82 Å². The van der Waals surface area contributed by atoms with Gasteiger partial charge in [-0.15, -0.1) is 0 Å². The Morgan fingerprint density at radius 1 is 1.14 bits per heavy atom. The summed E-state index contributed by atoms with van der Waals surface area (Å²) in [6.45, 7) is 12.4. The van der Waals surface area contributed by atoms with Crippen molar-refractivity contribution in [2.75, 3.05) is 6.54 Å². The van der Waals surface area contributed by atoms with Crippen LogP contribution in [0.2, 0.25) is 5.02 Å². The quantitative estimate of drug-likeness (QED) is 0.541. The molecule has 148 valence electrons. The molecule has 0 radical (unpaired) electrons. The van der Waals surface area contributed by atoms with Gasteiger partial charge in [0.05, 0.1) is 17.6 Å². The molecule has 2 aromatic carbocycles.